The van der Waals surface area contributed by atoms with Crippen LogP contribution in [0.3, 0.4) is 0 Å². The highest BCUT2D eigenvalue weighted by Gasteiger charge is 2.35. The van der Waals surface area contributed by atoms with E-state index in [1.807, 2.05) is 31.3 Å². The van der Waals surface area contributed by atoms with E-state index in [-0.39, 0.29) is 24.3 Å². The fourth-order valence-corrected chi connectivity index (χ4v) is 2.79. The summed E-state index contributed by atoms with van der Waals surface area (Å²) in [5.74, 6) is -1.20. The number of carboxylic acids is 1. The molecule has 0 bridgehead atoms. The molecule has 1 saturated carbocycles. The lowest BCUT2D eigenvalue weighted by Crippen LogP contribution is -2.47. The van der Waals surface area contributed by atoms with Crippen molar-refractivity contribution >= 4 is 22.8 Å². The minimum absolute atomic E-state index is 0.0198. The number of aromatic nitrogens is 2. The summed E-state index contributed by atoms with van der Waals surface area (Å²) in [6.07, 6.45) is 1.25. The number of carboxylic acid groups (broad SMARTS) is 1. The lowest BCUT2D eigenvalue weighted by atomic mass is 9.80. The summed E-state index contributed by atoms with van der Waals surface area (Å²) < 4.78 is 1.77. The van der Waals surface area contributed by atoms with Crippen molar-refractivity contribution in [3.63, 3.8) is 0 Å². The van der Waals surface area contributed by atoms with Crippen molar-refractivity contribution in [3.05, 3.63) is 30.0 Å². The predicted molar refractivity (Wildman–Crippen MR) is 76.7 cm³/mol. The smallest absolute Gasteiger partial charge is 0.306 e. The van der Waals surface area contributed by atoms with Gasteiger partial charge in [0.2, 0.25) is 5.91 Å². The topological polar surface area (TPSA) is 84.2 Å². The zero-order valence-electron chi connectivity index (χ0n) is 11.7. The largest absolute Gasteiger partial charge is 0.481 e. The first-order valence-corrected chi connectivity index (χ1v) is 6.97. The van der Waals surface area contributed by atoms with Crippen LogP contribution in [0.5, 0.6) is 0 Å². The van der Waals surface area contributed by atoms with Gasteiger partial charge in [0.15, 0.2) is 0 Å². The summed E-state index contributed by atoms with van der Waals surface area (Å²) in [5.41, 5.74) is 1.74. The number of amides is 1. The van der Waals surface area contributed by atoms with Gasteiger partial charge in [0, 0.05) is 18.5 Å². The third-order valence-corrected chi connectivity index (χ3v) is 4.01. The van der Waals surface area contributed by atoms with E-state index in [4.69, 9.17) is 5.11 Å². The zero-order valence-corrected chi connectivity index (χ0v) is 11.7. The SMILES string of the molecule is Cn1nc(CC(=O)NC2CC(C(=O)O)C2)c2ccccc21. The second kappa shape index (κ2) is 5.20. The monoisotopic (exact) mass is 287 g/mol. The number of hydrogen-bond acceptors (Lipinski definition) is 3. The van der Waals surface area contributed by atoms with Crippen molar-refractivity contribution in [2.45, 2.75) is 25.3 Å². The molecule has 1 fully saturated rings. The van der Waals surface area contributed by atoms with Crippen LogP contribution in [0.25, 0.3) is 10.9 Å². The summed E-state index contributed by atoms with van der Waals surface area (Å²) >= 11 is 0. The number of nitrogens with zero attached hydrogens (tertiary/aromatic N) is 2. The number of carbonyl (C=O) groups excluding carboxylic acids is 1. The minimum Gasteiger partial charge on any atom is -0.481 e. The molecular formula is C15H17N3O3. The van der Waals surface area contributed by atoms with E-state index < -0.39 is 5.97 Å². The molecule has 1 amide bonds. The van der Waals surface area contributed by atoms with Crippen molar-refractivity contribution in [2.24, 2.45) is 13.0 Å². The number of para-hydroxylation sites is 1. The summed E-state index contributed by atoms with van der Waals surface area (Å²) in [6.45, 7) is 0. The highest BCUT2D eigenvalue weighted by Crippen LogP contribution is 2.27. The first-order valence-electron chi connectivity index (χ1n) is 6.97. The molecule has 1 aliphatic carbocycles. The van der Waals surface area contributed by atoms with E-state index in [1.54, 1.807) is 4.68 Å². The van der Waals surface area contributed by atoms with Gasteiger partial charge in [-0.25, -0.2) is 0 Å². The second-order valence-corrected chi connectivity index (χ2v) is 5.54. The molecule has 0 aliphatic heterocycles. The van der Waals surface area contributed by atoms with Crippen LogP contribution in [0.1, 0.15) is 18.5 Å². The average Bonchev–Trinajstić information content (AvgIpc) is 2.70. The van der Waals surface area contributed by atoms with Crippen LogP contribution in [0.2, 0.25) is 0 Å². The van der Waals surface area contributed by atoms with Gasteiger partial charge in [0.05, 0.1) is 23.5 Å². The van der Waals surface area contributed by atoms with Crippen LogP contribution in [0, 0.1) is 5.92 Å². The van der Waals surface area contributed by atoms with Crippen molar-refractivity contribution < 1.29 is 14.7 Å². The molecule has 21 heavy (non-hydrogen) atoms. The molecule has 0 radical (unpaired) electrons. The highest BCUT2D eigenvalue weighted by atomic mass is 16.4. The molecule has 0 spiro atoms. The number of aryl methyl sites for hydroxylation is 1. The Hall–Kier alpha value is -2.37. The van der Waals surface area contributed by atoms with Crippen LogP contribution < -0.4 is 5.32 Å². The lowest BCUT2D eigenvalue weighted by molar-refractivity contribution is -0.146. The summed E-state index contributed by atoms with van der Waals surface area (Å²) in [7, 11) is 1.85. The van der Waals surface area contributed by atoms with Crippen LogP contribution in [0.15, 0.2) is 24.3 Å². The Morgan fingerprint density at radius 3 is 2.81 bits per heavy atom. The number of rotatable bonds is 4. The van der Waals surface area contributed by atoms with Gasteiger partial charge in [-0.3, -0.25) is 14.3 Å². The molecule has 0 saturated heterocycles. The minimum atomic E-state index is -0.781. The molecule has 2 aromatic rings. The maximum atomic E-state index is 12.0. The van der Waals surface area contributed by atoms with Gasteiger partial charge in [-0.1, -0.05) is 18.2 Å². The first kappa shape index (κ1) is 13.6. The zero-order chi connectivity index (χ0) is 15.0. The van der Waals surface area contributed by atoms with Gasteiger partial charge in [0.1, 0.15) is 0 Å². The lowest BCUT2D eigenvalue weighted by Gasteiger charge is -2.32. The molecule has 6 heteroatoms. The molecule has 3 rings (SSSR count). The Morgan fingerprint density at radius 2 is 2.10 bits per heavy atom. The summed E-state index contributed by atoms with van der Waals surface area (Å²) in [4.78, 5) is 22.8. The molecule has 1 aromatic carbocycles. The quantitative estimate of drug-likeness (QED) is 0.881. The molecule has 1 aromatic heterocycles. The Kier molecular flexibility index (Phi) is 3.37. The molecule has 6 nitrogen and oxygen atoms in total. The third-order valence-electron chi connectivity index (χ3n) is 4.01. The molecular weight excluding hydrogens is 270 g/mol. The average molecular weight is 287 g/mol. The maximum Gasteiger partial charge on any atom is 0.306 e. The van der Waals surface area contributed by atoms with E-state index in [1.165, 1.54) is 0 Å². The van der Waals surface area contributed by atoms with Crippen LogP contribution >= 0.6 is 0 Å². The van der Waals surface area contributed by atoms with Crippen molar-refractivity contribution in [1.29, 1.82) is 0 Å². The first-order chi connectivity index (χ1) is 10.0. The van der Waals surface area contributed by atoms with Crippen LogP contribution in [-0.4, -0.2) is 32.8 Å². The molecule has 110 valence electrons. The van der Waals surface area contributed by atoms with E-state index in [0.29, 0.717) is 12.8 Å². The standard InChI is InChI=1S/C15H17N3O3/c1-18-13-5-3-2-4-11(13)12(17-18)8-14(19)16-10-6-9(7-10)15(20)21/h2-5,9-10H,6-8H2,1H3,(H,16,19)(H,20,21). The van der Waals surface area contributed by atoms with Crippen molar-refractivity contribution in [3.8, 4) is 0 Å². The van der Waals surface area contributed by atoms with E-state index in [2.05, 4.69) is 10.4 Å². The van der Waals surface area contributed by atoms with Gasteiger partial charge in [-0.05, 0) is 18.9 Å². The number of hydrogen-bond donors (Lipinski definition) is 2. The molecule has 0 atom stereocenters. The normalized spacial score (nSPS) is 21.0. The van der Waals surface area contributed by atoms with Crippen molar-refractivity contribution in [2.75, 3.05) is 0 Å². The van der Waals surface area contributed by atoms with Crippen LogP contribution in [-0.2, 0) is 23.1 Å². The highest BCUT2D eigenvalue weighted by molar-refractivity contribution is 5.87. The van der Waals surface area contributed by atoms with E-state index >= 15 is 0 Å². The number of nitrogens with one attached hydrogen (secondary N) is 1. The van der Waals surface area contributed by atoms with Gasteiger partial charge < -0.3 is 10.4 Å². The van der Waals surface area contributed by atoms with E-state index in [0.717, 1.165) is 16.6 Å². The summed E-state index contributed by atoms with van der Waals surface area (Å²) in [5, 5.41) is 17.1. The number of carbonyl (C=O) groups is 2. The molecule has 1 aliphatic rings. The Labute approximate surface area is 121 Å². The Balaban J connectivity index is 1.63. The molecule has 1 heterocycles. The Bertz CT molecular complexity index is 701. The van der Waals surface area contributed by atoms with Gasteiger partial charge in [-0.2, -0.15) is 5.10 Å². The number of benzene rings is 1. The van der Waals surface area contributed by atoms with Gasteiger partial charge in [0.25, 0.3) is 0 Å². The van der Waals surface area contributed by atoms with Gasteiger partial charge in [-0.15, -0.1) is 0 Å². The second-order valence-electron chi connectivity index (χ2n) is 5.54. The third kappa shape index (κ3) is 2.61. The van der Waals surface area contributed by atoms with Crippen molar-refractivity contribution in [1.82, 2.24) is 15.1 Å². The maximum absolute atomic E-state index is 12.0. The molecule has 2 N–H and O–H groups in total. The van der Waals surface area contributed by atoms with E-state index in [9.17, 15) is 9.59 Å². The Morgan fingerprint density at radius 1 is 1.38 bits per heavy atom. The predicted octanol–water partition coefficient (Wildman–Crippen LogP) is 1.10. The fraction of sp³-hybridized carbons (Fsp3) is 0.400. The van der Waals surface area contributed by atoms with Crippen LogP contribution in [0.4, 0.5) is 0 Å². The molecule has 0 unspecified atom stereocenters. The summed E-state index contributed by atoms with van der Waals surface area (Å²) in [6, 6.07) is 7.76. The van der Waals surface area contributed by atoms with Gasteiger partial charge >= 0.3 is 5.97 Å². The fourth-order valence-electron chi connectivity index (χ4n) is 2.79. The number of aliphatic carboxylic acids is 1. The number of fused-ring (bicyclic) bond motifs is 1.